The lowest BCUT2D eigenvalue weighted by atomic mass is 10.1. The lowest BCUT2D eigenvalue weighted by Gasteiger charge is -2.07. The Bertz CT molecular complexity index is 564. The van der Waals surface area contributed by atoms with Gasteiger partial charge < -0.3 is 10.1 Å². The Hall–Kier alpha value is -2.05. The van der Waals surface area contributed by atoms with E-state index in [2.05, 4.69) is 12.2 Å². The molecule has 0 bridgehead atoms. The summed E-state index contributed by atoms with van der Waals surface area (Å²) in [4.78, 5) is 23.1. The first-order valence-electron chi connectivity index (χ1n) is 8.04. The van der Waals surface area contributed by atoms with Crippen molar-refractivity contribution in [2.24, 2.45) is 0 Å². The highest BCUT2D eigenvalue weighted by Crippen LogP contribution is 2.14. The van der Waals surface area contributed by atoms with Crippen molar-refractivity contribution in [2.75, 3.05) is 13.2 Å². The second kappa shape index (κ2) is 10.7. The van der Waals surface area contributed by atoms with E-state index in [1.54, 1.807) is 0 Å². The maximum absolute atomic E-state index is 13.4. The Morgan fingerprint density at radius 2 is 1.67 bits per heavy atom. The second-order valence-corrected chi connectivity index (χ2v) is 5.39. The average molecular weight is 345 g/mol. The molecule has 4 nitrogen and oxygen atoms in total. The highest BCUT2D eigenvalue weighted by Gasteiger charge is 2.19. The molecule has 0 saturated heterocycles. The molecule has 1 aromatic rings. The van der Waals surface area contributed by atoms with Crippen LogP contribution in [0.5, 0.6) is 0 Å². The molecule has 0 atom stereocenters. The summed E-state index contributed by atoms with van der Waals surface area (Å²) in [6.45, 7) is 1.91. The minimum Gasteiger partial charge on any atom is -0.464 e. The Labute approximate surface area is 139 Å². The summed E-state index contributed by atoms with van der Waals surface area (Å²) >= 11 is 0. The first kappa shape index (κ1) is 20.0. The number of carbonyl (C=O) groups is 2. The molecule has 24 heavy (non-hydrogen) atoms. The van der Waals surface area contributed by atoms with E-state index in [9.17, 15) is 22.8 Å². The van der Waals surface area contributed by atoms with Crippen LogP contribution in [0.15, 0.2) is 12.1 Å². The molecule has 0 saturated carbocycles. The van der Waals surface area contributed by atoms with Crippen molar-refractivity contribution < 1.29 is 27.5 Å². The van der Waals surface area contributed by atoms with Gasteiger partial charge in [0, 0.05) is 0 Å². The summed E-state index contributed by atoms with van der Waals surface area (Å²) in [6.07, 6.45) is 6.28. The Morgan fingerprint density at radius 3 is 2.38 bits per heavy atom. The van der Waals surface area contributed by atoms with Crippen molar-refractivity contribution in [3.05, 3.63) is 35.1 Å². The highest BCUT2D eigenvalue weighted by atomic mass is 19.2. The van der Waals surface area contributed by atoms with Gasteiger partial charge in [-0.05, 0) is 18.6 Å². The molecule has 134 valence electrons. The van der Waals surface area contributed by atoms with E-state index >= 15 is 0 Å². The van der Waals surface area contributed by atoms with Gasteiger partial charge in [0.05, 0.1) is 12.2 Å². The predicted molar refractivity (Wildman–Crippen MR) is 83.0 cm³/mol. The van der Waals surface area contributed by atoms with Crippen LogP contribution in [0.2, 0.25) is 0 Å². The number of benzene rings is 1. The summed E-state index contributed by atoms with van der Waals surface area (Å²) in [5.74, 6) is -6.38. The quantitative estimate of drug-likeness (QED) is 0.399. The molecule has 1 rings (SSSR count). The van der Waals surface area contributed by atoms with Gasteiger partial charge in [-0.1, -0.05) is 39.0 Å². The van der Waals surface area contributed by atoms with Gasteiger partial charge in [0.15, 0.2) is 17.5 Å². The van der Waals surface area contributed by atoms with Gasteiger partial charge in [-0.3, -0.25) is 9.59 Å². The van der Waals surface area contributed by atoms with Crippen molar-refractivity contribution in [2.45, 2.75) is 45.4 Å². The molecular weight excluding hydrogens is 323 g/mol. The fraction of sp³-hybridized carbons (Fsp3) is 0.529. The first-order valence-corrected chi connectivity index (χ1v) is 8.04. The first-order chi connectivity index (χ1) is 11.5. The van der Waals surface area contributed by atoms with Crippen molar-refractivity contribution in [1.29, 1.82) is 0 Å². The fourth-order valence-electron chi connectivity index (χ4n) is 2.07. The molecule has 7 heteroatoms. The predicted octanol–water partition coefficient (Wildman–Crippen LogP) is 3.74. The number of hydrogen-bond acceptors (Lipinski definition) is 3. The molecule has 0 aliphatic carbocycles. The Morgan fingerprint density at radius 1 is 1.00 bits per heavy atom. The molecule has 1 aromatic carbocycles. The van der Waals surface area contributed by atoms with Crippen LogP contribution in [0.25, 0.3) is 0 Å². The number of rotatable bonds is 10. The van der Waals surface area contributed by atoms with E-state index in [1.165, 1.54) is 6.42 Å². The molecule has 1 N–H and O–H groups in total. The van der Waals surface area contributed by atoms with Gasteiger partial charge in [-0.25, -0.2) is 13.2 Å². The van der Waals surface area contributed by atoms with Crippen LogP contribution in [0.4, 0.5) is 13.2 Å². The van der Waals surface area contributed by atoms with E-state index in [1.807, 2.05) is 0 Å². The van der Waals surface area contributed by atoms with Crippen LogP contribution in [-0.2, 0) is 9.53 Å². The minimum absolute atomic E-state index is 0.250. The molecule has 1 amide bonds. The summed E-state index contributed by atoms with van der Waals surface area (Å²) in [5.41, 5.74) is -0.669. The van der Waals surface area contributed by atoms with Crippen molar-refractivity contribution in [3.63, 3.8) is 0 Å². The van der Waals surface area contributed by atoms with Crippen LogP contribution in [-0.4, -0.2) is 25.0 Å². The van der Waals surface area contributed by atoms with Gasteiger partial charge >= 0.3 is 5.97 Å². The lowest BCUT2D eigenvalue weighted by Crippen LogP contribution is -2.31. The van der Waals surface area contributed by atoms with Gasteiger partial charge in [0.25, 0.3) is 5.91 Å². The van der Waals surface area contributed by atoms with Crippen LogP contribution >= 0.6 is 0 Å². The SMILES string of the molecule is CCCCCCCCOC(=O)CNC(=O)c1ccc(F)c(F)c1F. The monoisotopic (exact) mass is 345 g/mol. The van der Waals surface area contributed by atoms with E-state index in [4.69, 9.17) is 4.74 Å². The zero-order chi connectivity index (χ0) is 17.9. The van der Waals surface area contributed by atoms with Crippen LogP contribution < -0.4 is 5.32 Å². The fourth-order valence-corrected chi connectivity index (χ4v) is 2.07. The number of unbranched alkanes of at least 4 members (excludes halogenated alkanes) is 5. The van der Waals surface area contributed by atoms with Crippen LogP contribution in [0.3, 0.4) is 0 Å². The normalized spacial score (nSPS) is 10.5. The summed E-state index contributed by atoms with van der Waals surface area (Å²) < 4.78 is 44.2. The average Bonchev–Trinajstić information content (AvgIpc) is 2.57. The zero-order valence-electron chi connectivity index (χ0n) is 13.7. The van der Waals surface area contributed by atoms with E-state index in [0.717, 1.165) is 38.2 Å². The van der Waals surface area contributed by atoms with Crippen molar-refractivity contribution >= 4 is 11.9 Å². The molecule has 0 radical (unpaired) electrons. The third-order valence-electron chi connectivity index (χ3n) is 3.43. The summed E-state index contributed by atoms with van der Waals surface area (Å²) in [6, 6.07) is 1.45. The number of nitrogens with one attached hydrogen (secondary N) is 1. The van der Waals surface area contributed by atoms with E-state index in [-0.39, 0.29) is 6.61 Å². The van der Waals surface area contributed by atoms with Gasteiger partial charge in [-0.2, -0.15) is 0 Å². The summed E-state index contributed by atoms with van der Waals surface area (Å²) in [7, 11) is 0. The number of hydrogen-bond donors (Lipinski definition) is 1. The molecular formula is C17H22F3NO3. The maximum atomic E-state index is 13.4. The highest BCUT2D eigenvalue weighted by molar-refractivity contribution is 5.96. The number of esters is 1. The second-order valence-electron chi connectivity index (χ2n) is 5.39. The van der Waals surface area contributed by atoms with Crippen LogP contribution in [0.1, 0.15) is 55.8 Å². The number of ether oxygens (including phenoxy) is 1. The molecule has 0 heterocycles. The molecule has 0 spiro atoms. The summed E-state index contributed by atoms with van der Waals surface area (Å²) in [5, 5.41) is 2.11. The van der Waals surface area contributed by atoms with Crippen molar-refractivity contribution in [1.82, 2.24) is 5.32 Å². The smallest absolute Gasteiger partial charge is 0.325 e. The van der Waals surface area contributed by atoms with E-state index in [0.29, 0.717) is 6.07 Å². The molecule has 0 aliphatic rings. The third-order valence-corrected chi connectivity index (χ3v) is 3.43. The molecule has 0 unspecified atom stereocenters. The Balaban J connectivity index is 2.27. The van der Waals surface area contributed by atoms with Crippen LogP contribution in [0, 0.1) is 17.5 Å². The van der Waals surface area contributed by atoms with Crippen molar-refractivity contribution in [3.8, 4) is 0 Å². The van der Waals surface area contributed by atoms with E-state index < -0.39 is 41.4 Å². The zero-order valence-corrected chi connectivity index (χ0v) is 13.7. The number of carbonyl (C=O) groups excluding carboxylic acids is 2. The van der Waals surface area contributed by atoms with Gasteiger partial charge in [-0.15, -0.1) is 0 Å². The number of amides is 1. The number of halogens is 3. The molecule has 0 aromatic heterocycles. The molecule has 0 fully saturated rings. The molecule has 0 aliphatic heterocycles. The topological polar surface area (TPSA) is 55.4 Å². The Kier molecular flexibility index (Phi) is 8.89. The third kappa shape index (κ3) is 6.60. The minimum atomic E-state index is -1.73. The van der Waals surface area contributed by atoms with Gasteiger partial charge in [0.2, 0.25) is 0 Å². The standard InChI is InChI=1S/C17H22F3NO3/c1-2-3-4-5-6-7-10-24-14(22)11-21-17(23)12-8-9-13(18)16(20)15(12)19/h8-9H,2-7,10-11H2,1H3,(H,21,23). The van der Waals surface area contributed by atoms with Gasteiger partial charge in [0.1, 0.15) is 6.54 Å². The maximum Gasteiger partial charge on any atom is 0.325 e. The largest absolute Gasteiger partial charge is 0.464 e. The lowest BCUT2D eigenvalue weighted by molar-refractivity contribution is -0.142.